The van der Waals surface area contributed by atoms with Gasteiger partial charge in [0.05, 0.1) is 12.6 Å². The van der Waals surface area contributed by atoms with E-state index in [2.05, 4.69) is 25.9 Å². The number of fused-ring (bicyclic) bond motifs is 2. The molecular weight excluding hydrogens is 572 g/mol. The van der Waals surface area contributed by atoms with Crippen molar-refractivity contribution in [1.82, 2.24) is 25.9 Å². The van der Waals surface area contributed by atoms with Crippen molar-refractivity contribution >= 4 is 57.3 Å². The molecule has 4 rings (SSSR count). The zero-order valence-corrected chi connectivity index (χ0v) is 24.4. The number of benzene rings is 2. The van der Waals surface area contributed by atoms with Crippen LogP contribution in [0.5, 0.6) is 0 Å². The van der Waals surface area contributed by atoms with E-state index in [4.69, 9.17) is 5.73 Å². The molecule has 2 heterocycles. The topological polar surface area (TPSA) is 202 Å². The maximum Gasteiger partial charge on any atom is 0.326 e. The van der Waals surface area contributed by atoms with Gasteiger partial charge in [-0.1, -0.05) is 36.4 Å². The minimum Gasteiger partial charge on any atom is -0.480 e. The molecule has 0 radical (unpaired) electrons. The van der Waals surface area contributed by atoms with Crippen molar-refractivity contribution in [3.05, 3.63) is 72.1 Å². The van der Waals surface area contributed by atoms with Crippen molar-refractivity contribution in [3.63, 3.8) is 0 Å². The lowest BCUT2D eigenvalue weighted by Gasteiger charge is -2.24. The molecule has 0 saturated heterocycles. The molecule has 2 aromatic carbocycles. The van der Waals surface area contributed by atoms with E-state index >= 15 is 0 Å². The summed E-state index contributed by atoms with van der Waals surface area (Å²) in [4.78, 5) is 57.5. The molecule has 0 fully saturated rings. The fourth-order valence-corrected chi connectivity index (χ4v) is 5.34. The van der Waals surface area contributed by atoms with Crippen LogP contribution in [0.25, 0.3) is 21.8 Å². The van der Waals surface area contributed by atoms with Crippen LogP contribution in [0.3, 0.4) is 0 Å². The predicted octanol–water partition coefficient (Wildman–Crippen LogP) is 1.05. The fourth-order valence-electron chi connectivity index (χ4n) is 4.87. The van der Waals surface area contributed by atoms with Gasteiger partial charge in [-0.2, -0.15) is 11.8 Å². The first-order valence-corrected chi connectivity index (χ1v) is 15.2. The van der Waals surface area contributed by atoms with Gasteiger partial charge >= 0.3 is 5.97 Å². The first-order chi connectivity index (χ1) is 20.7. The summed E-state index contributed by atoms with van der Waals surface area (Å²) in [5.41, 5.74) is 9.43. The van der Waals surface area contributed by atoms with Gasteiger partial charge in [0.15, 0.2) is 0 Å². The number of aliphatic carboxylic acids is 1. The Morgan fingerprint density at radius 3 is 1.86 bits per heavy atom. The molecule has 0 bridgehead atoms. The first-order valence-electron chi connectivity index (χ1n) is 13.8. The molecule has 3 amide bonds. The van der Waals surface area contributed by atoms with Gasteiger partial charge < -0.3 is 41.9 Å². The van der Waals surface area contributed by atoms with E-state index in [1.54, 1.807) is 12.4 Å². The van der Waals surface area contributed by atoms with Crippen molar-refractivity contribution in [2.24, 2.45) is 5.73 Å². The lowest BCUT2D eigenvalue weighted by molar-refractivity contribution is -0.142. The largest absolute Gasteiger partial charge is 0.480 e. The second-order valence-corrected chi connectivity index (χ2v) is 11.2. The maximum absolute atomic E-state index is 13.2. The highest BCUT2D eigenvalue weighted by Crippen LogP contribution is 2.20. The molecule has 43 heavy (non-hydrogen) atoms. The van der Waals surface area contributed by atoms with Crippen LogP contribution in [-0.4, -0.2) is 86.7 Å². The Labute approximate surface area is 252 Å². The smallest absolute Gasteiger partial charge is 0.326 e. The maximum atomic E-state index is 13.2. The van der Waals surface area contributed by atoms with E-state index in [9.17, 15) is 29.4 Å². The molecule has 2 aromatic heterocycles. The number of hydrogen-bond acceptors (Lipinski definition) is 7. The second-order valence-electron chi connectivity index (χ2n) is 10.2. The predicted molar refractivity (Wildman–Crippen MR) is 165 cm³/mol. The molecule has 4 unspecified atom stereocenters. The number of aliphatic hydroxyl groups excluding tert-OH is 1. The number of carboxylic acid groups (broad SMARTS) is 1. The number of carbonyl (C=O) groups is 4. The number of nitrogens with two attached hydrogens (primary N) is 1. The number of H-pyrrole nitrogens is 2. The van der Waals surface area contributed by atoms with Crippen LogP contribution in [0.2, 0.25) is 0 Å². The van der Waals surface area contributed by atoms with Gasteiger partial charge in [-0.05, 0) is 48.1 Å². The SMILES string of the molecule is CSCCC(NC(=O)C(CO)NC(=O)C(N)Cc1c[nH]c2ccccc12)C(=O)NC(Cc1c[nH]c2ccccc12)C(=O)O. The van der Waals surface area contributed by atoms with Crippen molar-refractivity contribution in [3.8, 4) is 0 Å². The van der Waals surface area contributed by atoms with Crippen LogP contribution in [0, 0.1) is 0 Å². The zero-order chi connectivity index (χ0) is 30.9. The summed E-state index contributed by atoms with van der Waals surface area (Å²) in [7, 11) is 0. The summed E-state index contributed by atoms with van der Waals surface area (Å²) in [5.74, 6) is -2.86. The van der Waals surface area contributed by atoms with E-state index in [1.165, 1.54) is 11.8 Å². The Morgan fingerprint density at radius 1 is 0.791 bits per heavy atom. The highest BCUT2D eigenvalue weighted by molar-refractivity contribution is 7.98. The van der Waals surface area contributed by atoms with Crippen molar-refractivity contribution in [1.29, 1.82) is 0 Å². The number of aromatic nitrogens is 2. The van der Waals surface area contributed by atoms with Gasteiger partial charge in [0.1, 0.15) is 18.1 Å². The third-order valence-corrected chi connectivity index (χ3v) is 7.87. The molecular formula is C30H36N6O6S. The Kier molecular flexibility index (Phi) is 10.8. The van der Waals surface area contributed by atoms with Crippen LogP contribution in [0.15, 0.2) is 60.9 Å². The molecule has 4 aromatic rings. The van der Waals surface area contributed by atoms with Crippen LogP contribution in [0.4, 0.5) is 0 Å². The van der Waals surface area contributed by atoms with E-state index in [0.717, 1.165) is 32.9 Å². The molecule has 0 aliphatic heterocycles. The number of aromatic amines is 2. The summed E-state index contributed by atoms with van der Waals surface area (Å²) in [6.45, 7) is -0.730. The fraction of sp³-hybridized carbons (Fsp3) is 0.333. The lowest BCUT2D eigenvalue weighted by atomic mass is 10.0. The van der Waals surface area contributed by atoms with Crippen molar-refractivity contribution < 1.29 is 29.4 Å². The number of para-hydroxylation sites is 2. The second kappa shape index (κ2) is 14.7. The monoisotopic (exact) mass is 608 g/mol. The van der Waals surface area contributed by atoms with E-state index in [-0.39, 0.29) is 19.3 Å². The molecule has 9 N–H and O–H groups in total. The summed E-state index contributed by atoms with van der Waals surface area (Å²) in [6, 6.07) is 10.3. The quantitative estimate of drug-likeness (QED) is 0.0978. The molecule has 13 heteroatoms. The van der Waals surface area contributed by atoms with Gasteiger partial charge in [-0.3, -0.25) is 14.4 Å². The Balaban J connectivity index is 1.39. The van der Waals surface area contributed by atoms with Crippen LogP contribution < -0.4 is 21.7 Å². The van der Waals surface area contributed by atoms with Gasteiger partial charge in [-0.25, -0.2) is 4.79 Å². The number of carboxylic acids is 1. The Morgan fingerprint density at radius 2 is 1.30 bits per heavy atom. The van der Waals surface area contributed by atoms with Crippen LogP contribution in [0.1, 0.15) is 17.5 Å². The zero-order valence-electron chi connectivity index (χ0n) is 23.6. The number of thioether (sulfide) groups is 1. The Bertz CT molecular complexity index is 1590. The van der Waals surface area contributed by atoms with Gasteiger partial charge in [0, 0.05) is 40.6 Å². The number of amides is 3. The van der Waals surface area contributed by atoms with Gasteiger partial charge in [0.2, 0.25) is 17.7 Å². The molecule has 0 aliphatic rings. The Hall–Kier alpha value is -4.33. The summed E-state index contributed by atoms with van der Waals surface area (Å²) in [6.07, 6.45) is 5.73. The molecule has 228 valence electrons. The van der Waals surface area contributed by atoms with E-state index in [1.807, 2.05) is 54.8 Å². The molecule has 0 spiro atoms. The summed E-state index contributed by atoms with van der Waals surface area (Å²) < 4.78 is 0. The minimum atomic E-state index is -1.37. The molecule has 4 atom stereocenters. The number of hydrogen-bond donors (Lipinski definition) is 8. The molecule has 0 aliphatic carbocycles. The summed E-state index contributed by atoms with van der Waals surface area (Å²) in [5, 5.41) is 29.1. The average molecular weight is 609 g/mol. The van der Waals surface area contributed by atoms with Gasteiger partial charge in [-0.15, -0.1) is 0 Å². The number of carbonyl (C=O) groups excluding carboxylic acids is 3. The van der Waals surface area contributed by atoms with E-state index in [0.29, 0.717) is 5.75 Å². The van der Waals surface area contributed by atoms with Crippen LogP contribution >= 0.6 is 11.8 Å². The first kappa shape index (κ1) is 31.6. The number of nitrogens with one attached hydrogen (secondary N) is 5. The minimum absolute atomic E-state index is 0.0257. The molecule has 12 nitrogen and oxygen atoms in total. The normalized spacial score (nSPS) is 14.1. The van der Waals surface area contributed by atoms with Crippen molar-refractivity contribution in [2.75, 3.05) is 18.6 Å². The van der Waals surface area contributed by atoms with E-state index < -0.39 is 54.5 Å². The lowest BCUT2D eigenvalue weighted by Crippen LogP contribution is -2.58. The average Bonchev–Trinajstić information content (AvgIpc) is 3.61. The van der Waals surface area contributed by atoms with Gasteiger partial charge in [0.25, 0.3) is 0 Å². The van der Waals surface area contributed by atoms with Crippen LogP contribution in [-0.2, 0) is 32.0 Å². The summed E-state index contributed by atoms with van der Waals surface area (Å²) >= 11 is 1.45. The number of aliphatic hydroxyl groups is 1. The highest BCUT2D eigenvalue weighted by Gasteiger charge is 2.30. The third-order valence-electron chi connectivity index (χ3n) is 7.22. The highest BCUT2D eigenvalue weighted by atomic mass is 32.2. The number of rotatable bonds is 15. The third kappa shape index (κ3) is 7.95. The standard InChI is InChI=1S/C30H36N6O6S/c1-43-11-10-24(28(39)35-25(30(41)42)13-18-15-33-23-9-5-3-7-20(18)23)34-29(40)26(16-37)36-27(38)21(31)12-17-14-32-22-8-4-2-6-19(17)22/h2-9,14-15,21,24-26,32-33,37H,10-13,16,31H2,1H3,(H,34,40)(H,35,39)(H,36,38)(H,41,42). The van der Waals surface area contributed by atoms with Crippen molar-refractivity contribution in [2.45, 2.75) is 43.4 Å². The molecule has 0 saturated carbocycles.